The zero-order chi connectivity index (χ0) is 14.6. The number of halogens is 1. The van der Waals surface area contributed by atoms with Crippen molar-refractivity contribution in [3.05, 3.63) is 34.9 Å². The van der Waals surface area contributed by atoms with Gasteiger partial charge in [0.05, 0.1) is 33.0 Å². The minimum absolute atomic E-state index is 0.0849. The molecule has 0 amide bonds. The second-order valence-corrected chi connectivity index (χ2v) is 4.87. The Labute approximate surface area is 125 Å². The third-order valence-corrected chi connectivity index (χ3v) is 3.23. The summed E-state index contributed by atoms with van der Waals surface area (Å²) in [5.74, 6) is 0.0849. The first-order valence-electron chi connectivity index (χ1n) is 6.78. The Balaban J connectivity index is 2.14. The van der Waals surface area contributed by atoms with E-state index in [1.54, 1.807) is 7.11 Å². The van der Waals surface area contributed by atoms with Gasteiger partial charge in [0.15, 0.2) is 0 Å². The van der Waals surface area contributed by atoms with Gasteiger partial charge in [0, 0.05) is 24.7 Å². The van der Waals surface area contributed by atoms with E-state index in [9.17, 15) is 5.11 Å². The molecule has 0 heterocycles. The molecule has 114 valence electrons. The summed E-state index contributed by atoms with van der Waals surface area (Å²) in [5, 5.41) is 10.1. The topological polar surface area (TPSA) is 47.9 Å². The zero-order valence-electron chi connectivity index (χ0n) is 11.9. The van der Waals surface area contributed by atoms with Gasteiger partial charge in [-0.3, -0.25) is 0 Å². The van der Waals surface area contributed by atoms with Crippen LogP contribution in [0.1, 0.15) is 17.9 Å². The van der Waals surface area contributed by atoms with Crippen molar-refractivity contribution in [2.75, 3.05) is 46.8 Å². The molecule has 1 unspecified atom stereocenters. The molecule has 1 aromatic carbocycles. The standard InChI is InChI=1S/C15H23ClO4/c1-18-8-9-20-11-10-19-7-6-14(12-17)13-2-4-15(16)5-3-13/h2-5,14,17H,6-12H2,1H3. The van der Waals surface area contributed by atoms with Gasteiger partial charge in [0.1, 0.15) is 0 Å². The maximum atomic E-state index is 9.42. The van der Waals surface area contributed by atoms with Gasteiger partial charge in [0.2, 0.25) is 0 Å². The number of benzene rings is 1. The Kier molecular flexibility index (Phi) is 9.62. The minimum Gasteiger partial charge on any atom is -0.396 e. The van der Waals surface area contributed by atoms with Crippen LogP contribution in [-0.4, -0.2) is 51.9 Å². The smallest absolute Gasteiger partial charge is 0.0701 e. The number of aliphatic hydroxyl groups excluding tert-OH is 1. The number of methoxy groups -OCH3 is 1. The summed E-state index contributed by atoms with van der Waals surface area (Å²) in [6.07, 6.45) is 0.774. The maximum Gasteiger partial charge on any atom is 0.0701 e. The Bertz CT molecular complexity index is 342. The summed E-state index contributed by atoms with van der Waals surface area (Å²) in [7, 11) is 1.64. The average Bonchev–Trinajstić information content (AvgIpc) is 2.47. The summed E-state index contributed by atoms with van der Waals surface area (Å²) in [5.41, 5.74) is 1.08. The number of hydrogen-bond acceptors (Lipinski definition) is 4. The van der Waals surface area contributed by atoms with Gasteiger partial charge in [-0.1, -0.05) is 23.7 Å². The van der Waals surface area contributed by atoms with Crippen molar-refractivity contribution in [2.45, 2.75) is 12.3 Å². The van der Waals surface area contributed by atoms with E-state index in [4.69, 9.17) is 25.8 Å². The Morgan fingerprint density at radius 1 is 1.00 bits per heavy atom. The van der Waals surface area contributed by atoms with Crippen LogP contribution in [0.5, 0.6) is 0 Å². The van der Waals surface area contributed by atoms with Gasteiger partial charge in [-0.15, -0.1) is 0 Å². The van der Waals surface area contributed by atoms with Crippen LogP contribution in [0.25, 0.3) is 0 Å². The van der Waals surface area contributed by atoms with E-state index in [0.717, 1.165) is 12.0 Å². The molecule has 5 heteroatoms. The third-order valence-electron chi connectivity index (χ3n) is 2.98. The number of aliphatic hydroxyl groups is 1. The molecule has 0 aliphatic carbocycles. The quantitative estimate of drug-likeness (QED) is 0.638. The van der Waals surface area contributed by atoms with Crippen molar-refractivity contribution in [2.24, 2.45) is 0 Å². The first kappa shape index (κ1) is 17.4. The van der Waals surface area contributed by atoms with Crippen molar-refractivity contribution in [3.8, 4) is 0 Å². The SMILES string of the molecule is COCCOCCOCCC(CO)c1ccc(Cl)cc1. The van der Waals surface area contributed by atoms with Crippen molar-refractivity contribution < 1.29 is 19.3 Å². The van der Waals surface area contributed by atoms with E-state index in [1.165, 1.54) is 0 Å². The van der Waals surface area contributed by atoms with Crippen molar-refractivity contribution >= 4 is 11.6 Å². The Morgan fingerprint density at radius 3 is 2.20 bits per heavy atom. The van der Waals surface area contributed by atoms with Crippen molar-refractivity contribution in [3.63, 3.8) is 0 Å². The molecule has 1 aromatic rings. The molecule has 0 aliphatic rings. The second-order valence-electron chi connectivity index (χ2n) is 4.44. The van der Waals surface area contributed by atoms with E-state index in [1.807, 2.05) is 24.3 Å². The highest BCUT2D eigenvalue weighted by molar-refractivity contribution is 6.30. The largest absolute Gasteiger partial charge is 0.396 e. The molecule has 1 atom stereocenters. The molecule has 0 aromatic heterocycles. The summed E-state index contributed by atoms with van der Waals surface area (Å²) in [4.78, 5) is 0. The molecule has 0 saturated heterocycles. The van der Waals surface area contributed by atoms with Crippen LogP contribution in [0.3, 0.4) is 0 Å². The summed E-state index contributed by atoms with van der Waals surface area (Å²) in [6, 6.07) is 7.56. The molecular weight excluding hydrogens is 280 g/mol. The molecular formula is C15H23ClO4. The molecule has 0 bridgehead atoms. The van der Waals surface area contributed by atoms with E-state index < -0.39 is 0 Å². The first-order chi connectivity index (χ1) is 9.77. The van der Waals surface area contributed by atoms with E-state index in [0.29, 0.717) is 38.1 Å². The molecule has 1 N–H and O–H groups in total. The average molecular weight is 303 g/mol. The van der Waals surface area contributed by atoms with Crippen molar-refractivity contribution in [1.82, 2.24) is 0 Å². The highest BCUT2D eigenvalue weighted by Crippen LogP contribution is 2.21. The number of ether oxygens (including phenoxy) is 3. The van der Waals surface area contributed by atoms with E-state index >= 15 is 0 Å². The fraction of sp³-hybridized carbons (Fsp3) is 0.600. The molecule has 4 nitrogen and oxygen atoms in total. The third kappa shape index (κ3) is 7.22. The van der Waals surface area contributed by atoms with Crippen LogP contribution in [0.15, 0.2) is 24.3 Å². The van der Waals surface area contributed by atoms with Gasteiger partial charge in [0.25, 0.3) is 0 Å². The molecule has 0 aliphatic heterocycles. The lowest BCUT2D eigenvalue weighted by Crippen LogP contribution is -2.12. The van der Waals surface area contributed by atoms with E-state index in [-0.39, 0.29) is 12.5 Å². The summed E-state index contributed by atoms with van der Waals surface area (Å²) in [6.45, 7) is 3.01. The molecule has 0 radical (unpaired) electrons. The Hall–Kier alpha value is -0.650. The Morgan fingerprint density at radius 2 is 1.60 bits per heavy atom. The second kappa shape index (κ2) is 11.1. The molecule has 1 rings (SSSR count). The lowest BCUT2D eigenvalue weighted by atomic mass is 9.97. The lowest BCUT2D eigenvalue weighted by Gasteiger charge is -2.15. The first-order valence-corrected chi connectivity index (χ1v) is 7.16. The fourth-order valence-electron chi connectivity index (χ4n) is 1.79. The predicted molar refractivity (Wildman–Crippen MR) is 79.4 cm³/mol. The van der Waals surface area contributed by atoms with Crippen LogP contribution in [0.4, 0.5) is 0 Å². The highest BCUT2D eigenvalue weighted by Gasteiger charge is 2.10. The van der Waals surface area contributed by atoms with Gasteiger partial charge in [-0.05, 0) is 24.1 Å². The normalized spacial score (nSPS) is 12.6. The molecule has 20 heavy (non-hydrogen) atoms. The van der Waals surface area contributed by atoms with Gasteiger partial charge in [-0.2, -0.15) is 0 Å². The van der Waals surface area contributed by atoms with E-state index in [2.05, 4.69) is 0 Å². The van der Waals surface area contributed by atoms with Crippen LogP contribution < -0.4 is 0 Å². The van der Waals surface area contributed by atoms with Gasteiger partial charge < -0.3 is 19.3 Å². The zero-order valence-corrected chi connectivity index (χ0v) is 12.6. The summed E-state index contributed by atoms with van der Waals surface area (Å²) >= 11 is 5.85. The fourth-order valence-corrected chi connectivity index (χ4v) is 1.91. The van der Waals surface area contributed by atoms with Crippen LogP contribution in [-0.2, 0) is 14.2 Å². The molecule has 0 fully saturated rings. The molecule has 0 spiro atoms. The maximum absolute atomic E-state index is 9.42. The summed E-state index contributed by atoms with van der Waals surface area (Å²) < 4.78 is 15.6. The van der Waals surface area contributed by atoms with Crippen LogP contribution in [0.2, 0.25) is 5.02 Å². The van der Waals surface area contributed by atoms with Crippen LogP contribution in [0, 0.1) is 0 Å². The van der Waals surface area contributed by atoms with Crippen LogP contribution >= 0.6 is 11.6 Å². The minimum atomic E-state index is 0.0849. The van der Waals surface area contributed by atoms with Crippen molar-refractivity contribution in [1.29, 1.82) is 0 Å². The number of rotatable bonds is 11. The van der Waals surface area contributed by atoms with Gasteiger partial charge >= 0.3 is 0 Å². The predicted octanol–water partition coefficient (Wildman–Crippen LogP) is 2.49. The number of hydrogen-bond donors (Lipinski definition) is 1. The lowest BCUT2D eigenvalue weighted by molar-refractivity contribution is 0.0223. The highest BCUT2D eigenvalue weighted by atomic mass is 35.5. The van der Waals surface area contributed by atoms with Gasteiger partial charge in [-0.25, -0.2) is 0 Å². The molecule has 0 saturated carbocycles. The monoisotopic (exact) mass is 302 g/mol.